The standard InChI is InChI=1S/C21H25NO2.BrH/c1-14-4-2-5-15(12-14)13-22-11-3-6-17-16-8-10-20(23)21(24)18(16)7-9-19(17)22;/h2,4-5,8,10,12,17,19,23-24H,3,6-7,9,11,13H2,1H3;1H/t17-,19-;/m0./s1. The quantitative estimate of drug-likeness (QED) is 0.715. The zero-order chi connectivity index (χ0) is 16.7. The van der Waals surface area contributed by atoms with Crippen LogP contribution in [0, 0.1) is 6.92 Å². The Labute approximate surface area is 160 Å². The Hall–Kier alpha value is -1.52. The van der Waals surface area contributed by atoms with Gasteiger partial charge >= 0.3 is 0 Å². The summed E-state index contributed by atoms with van der Waals surface area (Å²) in [6.45, 7) is 4.30. The van der Waals surface area contributed by atoms with Crippen molar-refractivity contribution >= 4 is 17.0 Å². The van der Waals surface area contributed by atoms with Crippen LogP contribution >= 0.6 is 17.0 Å². The molecule has 1 aliphatic carbocycles. The number of rotatable bonds is 2. The molecule has 4 rings (SSSR count). The molecule has 2 N–H and O–H groups in total. The second kappa shape index (κ2) is 7.38. The van der Waals surface area contributed by atoms with E-state index in [4.69, 9.17) is 0 Å². The molecule has 4 heteroatoms. The topological polar surface area (TPSA) is 43.7 Å². The summed E-state index contributed by atoms with van der Waals surface area (Å²) in [5.41, 5.74) is 4.91. The van der Waals surface area contributed by atoms with E-state index in [9.17, 15) is 10.2 Å². The van der Waals surface area contributed by atoms with Crippen molar-refractivity contribution in [2.45, 2.75) is 51.1 Å². The lowest BCUT2D eigenvalue weighted by molar-refractivity contribution is 0.104. The number of halogens is 1. The average molecular weight is 404 g/mol. The molecule has 1 saturated heterocycles. The highest BCUT2D eigenvalue weighted by Gasteiger charge is 2.37. The Balaban J connectivity index is 0.00000182. The highest BCUT2D eigenvalue weighted by molar-refractivity contribution is 8.93. The fourth-order valence-corrected chi connectivity index (χ4v) is 4.66. The fourth-order valence-electron chi connectivity index (χ4n) is 4.66. The van der Waals surface area contributed by atoms with Gasteiger partial charge in [-0.15, -0.1) is 17.0 Å². The highest BCUT2D eigenvalue weighted by Crippen LogP contribution is 2.45. The van der Waals surface area contributed by atoms with Gasteiger partial charge in [-0.1, -0.05) is 35.9 Å². The van der Waals surface area contributed by atoms with Crippen LogP contribution in [-0.2, 0) is 13.0 Å². The van der Waals surface area contributed by atoms with Gasteiger partial charge in [-0.25, -0.2) is 0 Å². The number of phenols is 2. The molecule has 1 aliphatic heterocycles. The fraction of sp³-hybridized carbons (Fsp3) is 0.429. The van der Waals surface area contributed by atoms with E-state index < -0.39 is 0 Å². The van der Waals surface area contributed by atoms with Crippen LogP contribution in [-0.4, -0.2) is 27.7 Å². The Bertz CT molecular complexity index is 762. The molecule has 3 nitrogen and oxygen atoms in total. The molecular weight excluding hydrogens is 378 g/mol. The lowest BCUT2D eigenvalue weighted by Crippen LogP contribution is -2.45. The van der Waals surface area contributed by atoms with E-state index in [-0.39, 0.29) is 28.5 Å². The van der Waals surface area contributed by atoms with Crippen molar-refractivity contribution in [3.05, 3.63) is 58.7 Å². The largest absolute Gasteiger partial charge is 0.504 e. The van der Waals surface area contributed by atoms with Crippen molar-refractivity contribution in [3.63, 3.8) is 0 Å². The Morgan fingerprint density at radius 2 is 1.96 bits per heavy atom. The number of piperidine rings is 1. The van der Waals surface area contributed by atoms with Gasteiger partial charge in [0.15, 0.2) is 11.5 Å². The maximum Gasteiger partial charge on any atom is 0.160 e. The Kier molecular flexibility index (Phi) is 5.40. The number of benzene rings is 2. The maximum atomic E-state index is 10.2. The first kappa shape index (κ1) is 18.3. The molecule has 0 spiro atoms. The Morgan fingerprint density at radius 1 is 1.12 bits per heavy atom. The van der Waals surface area contributed by atoms with Gasteiger partial charge in [-0.3, -0.25) is 4.90 Å². The number of hydrogen-bond donors (Lipinski definition) is 2. The first-order valence-electron chi connectivity index (χ1n) is 8.97. The molecule has 2 aliphatic rings. The van der Waals surface area contributed by atoms with E-state index in [1.807, 2.05) is 6.07 Å². The number of hydrogen-bond acceptors (Lipinski definition) is 3. The predicted molar refractivity (Wildman–Crippen MR) is 106 cm³/mol. The Morgan fingerprint density at radius 3 is 2.76 bits per heavy atom. The third-order valence-corrected chi connectivity index (χ3v) is 5.75. The minimum absolute atomic E-state index is 0. The minimum atomic E-state index is 0. The summed E-state index contributed by atoms with van der Waals surface area (Å²) in [5.74, 6) is 0.584. The summed E-state index contributed by atoms with van der Waals surface area (Å²) in [6.07, 6.45) is 4.27. The van der Waals surface area contributed by atoms with Crippen LogP contribution in [0.5, 0.6) is 11.5 Å². The molecule has 134 valence electrons. The number of aryl methyl sites for hydroxylation is 1. The van der Waals surface area contributed by atoms with Gasteiger partial charge in [0.1, 0.15) is 0 Å². The van der Waals surface area contributed by atoms with E-state index in [1.165, 1.54) is 29.5 Å². The maximum absolute atomic E-state index is 10.2. The van der Waals surface area contributed by atoms with Crippen LogP contribution in [0.25, 0.3) is 0 Å². The molecule has 0 radical (unpaired) electrons. The summed E-state index contributed by atoms with van der Waals surface area (Å²) in [7, 11) is 0. The molecule has 0 aromatic heterocycles. The second-order valence-electron chi connectivity index (χ2n) is 7.32. The number of aromatic hydroxyl groups is 2. The van der Waals surface area contributed by atoms with E-state index in [0.717, 1.165) is 31.5 Å². The van der Waals surface area contributed by atoms with Gasteiger partial charge in [0.2, 0.25) is 0 Å². The van der Waals surface area contributed by atoms with Crippen molar-refractivity contribution < 1.29 is 10.2 Å². The molecule has 0 bridgehead atoms. The highest BCUT2D eigenvalue weighted by atomic mass is 79.9. The molecule has 0 amide bonds. The van der Waals surface area contributed by atoms with E-state index in [1.54, 1.807) is 6.07 Å². The van der Waals surface area contributed by atoms with Crippen molar-refractivity contribution in [2.24, 2.45) is 0 Å². The van der Waals surface area contributed by atoms with E-state index in [2.05, 4.69) is 36.1 Å². The first-order chi connectivity index (χ1) is 11.6. The molecule has 2 aromatic carbocycles. The molecule has 2 atom stereocenters. The third-order valence-electron chi connectivity index (χ3n) is 5.75. The van der Waals surface area contributed by atoms with Gasteiger partial charge in [-0.05, 0) is 62.3 Å². The summed E-state index contributed by atoms with van der Waals surface area (Å²) in [5, 5.41) is 20.0. The zero-order valence-electron chi connectivity index (χ0n) is 14.6. The SMILES string of the molecule is Br.Cc1cccc(CN2CCC[C@H]3c4ccc(O)c(O)c4CC[C@@H]32)c1. The summed E-state index contributed by atoms with van der Waals surface area (Å²) >= 11 is 0. The lowest BCUT2D eigenvalue weighted by atomic mass is 9.74. The lowest BCUT2D eigenvalue weighted by Gasteiger charge is -2.45. The summed E-state index contributed by atoms with van der Waals surface area (Å²) in [4.78, 5) is 2.62. The molecule has 25 heavy (non-hydrogen) atoms. The molecule has 1 fully saturated rings. The van der Waals surface area contributed by atoms with E-state index >= 15 is 0 Å². The van der Waals surface area contributed by atoms with Crippen LogP contribution < -0.4 is 0 Å². The van der Waals surface area contributed by atoms with Crippen LogP contribution in [0.15, 0.2) is 36.4 Å². The second-order valence-corrected chi connectivity index (χ2v) is 7.32. The van der Waals surface area contributed by atoms with Crippen molar-refractivity contribution in [2.75, 3.05) is 6.54 Å². The third kappa shape index (κ3) is 3.42. The van der Waals surface area contributed by atoms with Crippen LogP contribution in [0.1, 0.15) is 47.4 Å². The minimum Gasteiger partial charge on any atom is -0.504 e. The molecule has 2 aromatic rings. The molecule has 1 heterocycles. The van der Waals surface area contributed by atoms with Gasteiger partial charge in [-0.2, -0.15) is 0 Å². The van der Waals surface area contributed by atoms with Crippen LogP contribution in [0.3, 0.4) is 0 Å². The zero-order valence-corrected chi connectivity index (χ0v) is 16.3. The van der Waals surface area contributed by atoms with Gasteiger partial charge < -0.3 is 10.2 Å². The van der Waals surface area contributed by atoms with Crippen LogP contribution in [0.4, 0.5) is 0 Å². The van der Waals surface area contributed by atoms with Crippen LogP contribution in [0.2, 0.25) is 0 Å². The first-order valence-corrected chi connectivity index (χ1v) is 8.97. The number of fused-ring (bicyclic) bond motifs is 3. The number of nitrogens with zero attached hydrogens (tertiary/aromatic N) is 1. The summed E-state index contributed by atoms with van der Waals surface area (Å²) < 4.78 is 0. The van der Waals surface area contributed by atoms with Crippen molar-refractivity contribution in [3.8, 4) is 11.5 Å². The van der Waals surface area contributed by atoms with Gasteiger partial charge in [0.25, 0.3) is 0 Å². The average Bonchev–Trinajstić information content (AvgIpc) is 2.58. The molecule has 0 unspecified atom stereocenters. The van der Waals surface area contributed by atoms with Crippen molar-refractivity contribution in [1.82, 2.24) is 4.90 Å². The predicted octanol–water partition coefficient (Wildman–Crippen LogP) is 4.68. The van der Waals surface area contributed by atoms with Gasteiger partial charge in [0.05, 0.1) is 0 Å². The summed E-state index contributed by atoms with van der Waals surface area (Å²) in [6, 6.07) is 13.0. The van der Waals surface area contributed by atoms with E-state index in [0.29, 0.717) is 12.0 Å². The normalized spacial score (nSPS) is 22.6. The monoisotopic (exact) mass is 403 g/mol. The smallest absolute Gasteiger partial charge is 0.160 e. The van der Waals surface area contributed by atoms with Gasteiger partial charge in [0, 0.05) is 18.2 Å². The molecular formula is C21H26BrNO2. The number of likely N-dealkylation sites (tertiary alicyclic amines) is 1. The number of phenolic OH excluding ortho intramolecular Hbond substituents is 2. The molecule has 0 saturated carbocycles. The van der Waals surface area contributed by atoms with Crippen molar-refractivity contribution in [1.29, 1.82) is 0 Å².